The van der Waals surface area contributed by atoms with E-state index in [0.717, 1.165) is 31.9 Å². The van der Waals surface area contributed by atoms with Gasteiger partial charge in [-0.15, -0.1) is 0 Å². The molecule has 0 spiro atoms. The topological polar surface area (TPSA) is 26.7 Å². The lowest BCUT2D eigenvalue weighted by molar-refractivity contribution is 0.279. The number of nitrogens with zero attached hydrogens (tertiary/aromatic N) is 2. The second-order valence-corrected chi connectivity index (χ2v) is 7.02. The molecule has 0 bridgehead atoms. The molecule has 0 aliphatic carbocycles. The zero-order valence-corrected chi connectivity index (χ0v) is 12.7. The largest absolute Gasteiger partial charge is 0.506 e. The van der Waals surface area contributed by atoms with Crippen LogP contribution in [0.5, 0.6) is 5.75 Å². The third kappa shape index (κ3) is 2.72. The summed E-state index contributed by atoms with van der Waals surface area (Å²) < 4.78 is 0. The summed E-state index contributed by atoms with van der Waals surface area (Å²) in [6, 6.07) is 6.10. The molecule has 0 atom stereocenters. The minimum Gasteiger partial charge on any atom is -0.506 e. The van der Waals surface area contributed by atoms with Crippen molar-refractivity contribution in [2.24, 2.45) is 5.41 Å². The minimum atomic E-state index is 0.424. The third-order valence-electron chi connectivity index (χ3n) is 4.89. The van der Waals surface area contributed by atoms with Gasteiger partial charge in [0.25, 0.3) is 0 Å². The van der Waals surface area contributed by atoms with Crippen molar-refractivity contribution in [1.82, 2.24) is 0 Å². The molecule has 110 valence electrons. The number of rotatable bonds is 2. The predicted molar refractivity (Wildman–Crippen MR) is 84.8 cm³/mol. The highest BCUT2D eigenvalue weighted by atomic mass is 16.3. The number of benzene rings is 1. The third-order valence-corrected chi connectivity index (χ3v) is 4.89. The molecule has 0 saturated carbocycles. The van der Waals surface area contributed by atoms with Crippen LogP contribution in [-0.2, 0) is 0 Å². The van der Waals surface area contributed by atoms with Crippen molar-refractivity contribution in [3.63, 3.8) is 0 Å². The van der Waals surface area contributed by atoms with Crippen molar-refractivity contribution in [1.29, 1.82) is 0 Å². The Labute approximate surface area is 122 Å². The SMILES string of the molecule is CC1(C)CCN(c2cc(N3CCCC3)ccc2O)CC1. The summed E-state index contributed by atoms with van der Waals surface area (Å²) in [6.45, 7) is 9.07. The van der Waals surface area contributed by atoms with Gasteiger partial charge in [-0.3, -0.25) is 0 Å². The first kappa shape index (κ1) is 13.6. The fraction of sp³-hybridized carbons (Fsp3) is 0.647. The van der Waals surface area contributed by atoms with Gasteiger partial charge in [-0.1, -0.05) is 13.8 Å². The molecular formula is C17H26N2O. The molecule has 2 heterocycles. The highest BCUT2D eigenvalue weighted by Gasteiger charge is 2.27. The molecule has 1 aromatic carbocycles. The van der Waals surface area contributed by atoms with E-state index >= 15 is 0 Å². The van der Waals surface area contributed by atoms with Crippen molar-refractivity contribution in [3.05, 3.63) is 18.2 Å². The van der Waals surface area contributed by atoms with Crippen molar-refractivity contribution in [2.45, 2.75) is 39.5 Å². The molecular weight excluding hydrogens is 248 g/mol. The summed E-state index contributed by atoms with van der Waals surface area (Å²) in [7, 11) is 0. The van der Waals surface area contributed by atoms with Crippen LogP contribution in [0.3, 0.4) is 0 Å². The van der Waals surface area contributed by atoms with Crippen molar-refractivity contribution in [2.75, 3.05) is 36.0 Å². The first-order valence-electron chi connectivity index (χ1n) is 7.88. The number of phenols is 1. The van der Waals surface area contributed by atoms with Crippen molar-refractivity contribution in [3.8, 4) is 5.75 Å². The summed E-state index contributed by atoms with van der Waals surface area (Å²) >= 11 is 0. The van der Waals surface area contributed by atoms with Gasteiger partial charge in [0.15, 0.2) is 0 Å². The Hall–Kier alpha value is -1.38. The summed E-state index contributed by atoms with van der Waals surface area (Å²) in [6.07, 6.45) is 4.96. The number of piperidine rings is 1. The van der Waals surface area contributed by atoms with E-state index in [1.165, 1.54) is 31.4 Å². The molecule has 2 aliphatic rings. The Kier molecular flexibility index (Phi) is 3.53. The Morgan fingerprint density at radius 1 is 0.950 bits per heavy atom. The van der Waals surface area contributed by atoms with E-state index in [2.05, 4.69) is 35.8 Å². The Morgan fingerprint density at radius 3 is 2.25 bits per heavy atom. The monoisotopic (exact) mass is 274 g/mol. The molecule has 20 heavy (non-hydrogen) atoms. The van der Waals surface area contributed by atoms with Gasteiger partial charge in [0.1, 0.15) is 5.75 Å². The predicted octanol–water partition coefficient (Wildman–Crippen LogP) is 3.62. The number of aromatic hydroxyl groups is 1. The van der Waals surface area contributed by atoms with Crippen LogP contribution in [0, 0.1) is 5.41 Å². The van der Waals surface area contributed by atoms with E-state index in [9.17, 15) is 5.11 Å². The lowest BCUT2D eigenvalue weighted by Gasteiger charge is -2.38. The minimum absolute atomic E-state index is 0.424. The summed E-state index contributed by atoms with van der Waals surface area (Å²) in [4.78, 5) is 4.77. The molecule has 3 rings (SSSR count). The molecule has 2 aliphatic heterocycles. The van der Waals surface area contributed by atoms with Crippen LogP contribution in [0.15, 0.2) is 18.2 Å². The molecule has 0 radical (unpaired) electrons. The van der Waals surface area contributed by atoms with Gasteiger partial charge >= 0.3 is 0 Å². The second kappa shape index (κ2) is 5.19. The first-order valence-corrected chi connectivity index (χ1v) is 7.88. The summed E-state index contributed by atoms with van der Waals surface area (Å²) in [5.74, 6) is 0.424. The molecule has 2 saturated heterocycles. The second-order valence-electron chi connectivity index (χ2n) is 7.02. The maximum Gasteiger partial charge on any atom is 0.139 e. The van der Waals surface area contributed by atoms with Gasteiger partial charge < -0.3 is 14.9 Å². The lowest BCUT2D eigenvalue weighted by Crippen LogP contribution is -2.37. The van der Waals surface area contributed by atoms with E-state index in [1.54, 1.807) is 0 Å². The number of hydrogen-bond donors (Lipinski definition) is 1. The van der Waals surface area contributed by atoms with Gasteiger partial charge in [0.2, 0.25) is 0 Å². The zero-order valence-electron chi connectivity index (χ0n) is 12.7. The Bertz CT molecular complexity index is 468. The van der Waals surface area contributed by atoms with E-state index in [-0.39, 0.29) is 0 Å². The van der Waals surface area contributed by atoms with Gasteiger partial charge in [-0.05, 0) is 49.3 Å². The summed E-state index contributed by atoms with van der Waals surface area (Å²) in [5, 5.41) is 10.2. The first-order chi connectivity index (χ1) is 9.55. The van der Waals surface area contributed by atoms with Crippen LogP contribution in [0.1, 0.15) is 39.5 Å². The molecule has 0 unspecified atom stereocenters. The quantitative estimate of drug-likeness (QED) is 0.892. The molecule has 1 aromatic rings. The number of hydrogen-bond acceptors (Lipinski definition) is 3. The average Bonchev–Trinajstić information content (AvgIpc) is 2.94. The molecule has 1 N–H and O–H groups in total. The van der Waals surface area contributed by atoms with E-state index in [1.807, 2.05) is 6.07 Å². The highest BCUT2D eigenvalue weighted by molar-refractivity contribution is 5.67. The van der Waals surface area contributed by atoms with E-state index in [4.69, 9.17) is 0 Å². The van der Waals surface area contributed by atoms with Crippen LogP contribution in [-0.4, -0.2) is 31.3 Å². The normalized spacial score (nSPS) is 22.3. The molecule has 3 nitrogen and oxygen atoms in total. The van der Waals surface area contributed by atoms with Gasteiger partial charge in [-0.25, -0.2) is 0 Å². The standard InChI is InChI=1S/C17H26N2O/c1-17(2)7-11-19(12-8-17)15-13-14(5-6-16(15)20)18-9-3-4-10-18/h5-6,13,20H,3-4,7-12H2,1-2H3. The number of anilines is 2. The highest BCUT2D eigenvalue weighted by Crippen LogP contribution is 2.38. The smallest absolute Gasteiger partial charge is 0.139 e. The van der Waals surface area contributed by atoms with Crippen molar-refractivity contribution < 1.29 is 5.11 Å². The Balaban J connectivity index is 1.80. The van der Waals surface area contributed by atoms with Crippen LogP contribution < -0.4 is 9.80 Å². The van der Waals surface area contributed by atoms with Crippen LogP contribution in [0.4, 0.5) is 11.4 Å². The van der Waals surface area contributed by atoms with Crippen LogP contribution in [0.25, 0.3) is 0 Å². The molecule has 0 aromatic heterocycles. The van der Waals surface area contributed by atoms with Gasteiger partial charge in [0.05, 0.1) is 5.69 Å². The molecule has 2 fully saturated rings. The molecule has 3 heteroatoms. The van der Waals surface area contributed by atoms with E-state index < -0.39 is 0 Å². The van der Waals surface area contributed by atoms with E-state index in [0.29, 0.717) is 11.2 Å². The maximum absolute atomic E-state index is 10.2. The van der Waals surface area contributed by atoms with Crippen molar-refractivity contribution >= 4 is 11.4 Å². The van der Waals surface area contributed by atoms with Gasteiger partial charge in [0, 0.05) is 31.9 Å². The number of phenolic OH excluding ortho intramolecular Hbond substituents is 1. The fourth-order valence-corrected chi connectivity index (χ4v) is 3.29. The fourth-order valence-electron chi connectivity index (χ4n) is 3.29. The van der Waals surface area contributed by atoms with Crippen LogP contribution >= 0.6 is 0 Å². The maximum atomic E-state index is 10.2. The summed E-state index contributed by atoms with van der Waals surface area (Å²) in [5.41, 5.74) is 2.73. The molecule has 0 amide bonds. The Morgan fingerprint density at radius 2 is 1.60 bits per heavy atom. The van der Waals surface area contributed by atoms with Gasteiger partial charge in [-0.2, -0.15) is 0 Å². The lowest BCUT2D eigenvalue weighted by atomic mass is 9.82. The average molecular weight is 274 g/mol. The van der Waals surface area contributed by atoms with Crippen LogP contribution in [0.2, 0.25) is 0 Å². The zero-order chi connectivity index (χ0) is 14.2.